The van der Waals surface area contributed by atoms with E-state index in [0.717, 1.165) is 16.3 Å². The fraction of sp³-hybridized carbons (Fsp3) is 0.333. The Balaban J connectivity index is 1.36. The summed E-state index contributed by atoms with van der Waals surface area (Å²) in [5.74, 6) is -1.01. The number of aryl methyl sites for hydroxylation is 1. The molecule has 7 heteroatoms. The van der Waals surface area contributed by atoms with Gasteiger partial charge >= 0.3 is 0 Å². The summed E-state index contributed by atoms with van der Waals surface area (Å²) in [6, 6.07) is 7.50. The fourth-order valence-electron chi connectivity index (χ4n) is 3.78. The number of rotatable bonds is 5. The SMILES string of the molecule is Cc1nc(-c2cccc(NC(=O)CCN3C(=O)[C@@H]4CC=CC[C@H]4C3=O)c2)cs1. The molecule has 1 aliphatic heterocycles. The molecular formula is C21H21N3O3S. The van der Waals surface area contributed by atoms with Crippen LogP contribution in [0.15, 0.2) is 41.8 Å². The van der Waals surface area contributed by atoms with Crippen LogP contribution in [0.2, 0.25) is 0 Å². The third-order valence-corrected chi connectivity index (χ3v) is 6.00. The van der Waals surface area contributed by atoms with Gasteiger partial charge < -0.3 is 5.32 Å². The molecule has 1 fully saturated rings. The van der Waals surface area contributed by atoms with Crippen LogP contribution in [0.1, 0.15) is 24.3 Å². The molecule has 1 aromatic carbocycles. The summed E-state index contributed by atoms with van der Waals surface area (Å²) in [6.45, 7) is 2.08. The molecule has 1 aliphatic carbocycles. The van der Waals surface area contributed by atoms with Gasteiger partial charge in [-0.2, -0.15) is 0 Å². The monoisotopic (exact) mass is 395 g/mol. The van der Waals surface area contributed by atoms with Crippen molar-refractivity contribution in [3.05, 3.63) is 46.8 Å². The van der Waals surface area contributed by atoms with Gasteiger partial charge in [-0.3, -0.25) is 19.3 Å². The molecular weight excluding hydrogens is 374 g/mol. The van der Waals surface area contributed by atoms with E-state index in [9.17, 15) is 14.4 Å². The van der Waals surface area contributed by atoms with Gasteiger partial charge in [0.15, 0.2) is 0 Å². The number of imide groups is 1. The number of benzene rings is 1. The van der Waals surface area contributed by atoms with Crippen molar-refractivity contribution in [1.29, 1.82) is 0 Å². The lowest BCUT2D eigenvalue weighted by Crippen LogP contribution is -2.34. The number of allylic oxidation sites excluding steroid dienone is 2. The Kier molecular flexibility index (Phi) is 5.09. The zero-order valence-electron chi connectivity index (χ0n) is 15.6. The number of aromatic nitrogens is 1. The molecule has 0 radical (unpaired) electrons. The summed E-state index contributed by atoms with van der Waals surface area (Å²) < 4.78 is 0. The van der Waals surface area contributed by atoms with Gasteiger partial charge in [0.05, 0.1) is 22.5 Å². The topological polar surface area (TPSA) is 79.4 Å². The Hall–Kier alpha value is -2.80. The Morgan fingerprint density at radius 2 is 1.93 bits per heavy atom. The number of amides is 3. The normalized spacial score (nSPS) is 21.1. The maximum Gasteiger partial charge on any atom is 0.233 e. The lowest BCUT2D eigenvalue weighted by Gasteiger charge is -2.14. The van der Waals surface area contributed by atoms with Gasteiger partial charge in [0.1, 0.15) is 0 Å². The summed E-state index contributed by atoms with van der Waals surface area (Å²) in [4.78, 5) is 43.0. The maximum atomic E-state index is 12.5. The Morgan fingerprint density at radius 1 is 1.21 bits per heavy atom. The zero-order valence-corrected chi connectivity index (χ0v) is 16.4. The number of thiazole rings is 1. The van der Waals surface area contributed by atoms with Crippen LogP contribution in [-0.4, -0.2) is 34.2 Å². The van der Waals surface area contributed by atoms with Gasteiger partial charge in [0.2, 0.25) is 17.7 Å². The molecule has 2 heterocycles. The van der Waals surface area contributed by atoms with Crippen LogP contribution in [0.3, 0.4) is 0 Å². The number of carbonyl (C=O) groups excluding carboxylic acids is 3. The first kappa shape index (κ1) is 18.6. The molecule has 0 bridgehead atoms. The fourth-order valence-corrected chi connectivity index (χ4v) is 4.40. The molecule has 0 spiro atoms. The molecule has 4 rings (SSSR count). The molecule has 1 saturated heterocycles. The molecule has 0 unspecified atom stereocenters. The highest BCUT2D eigenvalue weighted by molar-refractivity contribution is 7.09. The predicted molar refractivity (Wildman–Crippen MR) is 108 cm³/mol. The Morgan fingerprint density at radius 3 is 2.57 bits per heavy atom. The second kappa shape index (κ2) is 7.67. The molecule has 28 heavy (non-hydrogen) atoms. The number of hydrogen-bond acceptors (Lipinski definition) is 5. The van der Waals surface area contributed by atoms with E-state index in [1.165, 1.54) is 4.90 Å². The van der Waals surface area contributed by atoms with Crippen LogP contribution in [-0.2, 0) is 14.4 Å². The summed E-state index contributed by atoms with van der Waals surface area (Å²) >= 11 is 1.58. The number of carbonyl (C=O) groups is 3. The average molecular weight is 395 g/mol. The minimum atomic E-state index is -0.251. The van der Waals surface area contributed by atoms with Gasteiger partial charge in [-0.15, -0.1) is 11.3 Å². The van der Waals surface area contributed by atoms with Crippen molar-refractivity contribution in [2.75, 3.05) is 11.9 Å². The smallest absolute Gasteiger partial charge is 0.233 e. The first-order valence-corrected chi connectivity index (χ1v) is 10.2. The van der Waals surface area contributed by atoms with E-state index in [-0.39, 0.29) is 42.5 Å². The van der Waals surface area contributed by atoms with E-state index >= 15 is 0 Å². The first-order chi connectivity index (χ1) is 13.5. The summed E-state index contributed by atoms with van der Waals surface area (Å²) in [5.41, 5.74) is 2.48. The number of hydrogen-bond donors (Lipinski definition) is 1. The molecule has 0 saturated carbocycles. The standard InChI is InChI=1S/C21H21N3O3S/c1-13-22-18(12-28-13)14-5-4-6-15(11-14)23-19(25)9-10-24-20(26)16-7-2-3-8-17(16)21(24)27/h2-6,11-12,16-17H,7-10H2,1H3,(H,23,25)/t16-,17-/m1/s1. The van der Waals surface area contributed by atoms with E-state index in [4.69, 9.17) is 0 Å². The summed E-state index contributed by atoms with van der Waals surface area (Å²) in [7, 11) is 0. The third-order valence-electron chi connectivity index (χ3n) is 5.22. The Labute approximate surface area is 167 Å². The first-order valence-electron chi connectivity index (χ1n) is 9.35. The van der Waals surface area contributed by atoms with Crippen molar-refractivity contribution < 1.29 is 14.4 Å². The van der Waals surface area contributed by atoms with Crippen molar-refractivity contribution in [2.45, 2.75) is 26.2 Å². The average Bonchev–Trinajstić information content (AvgIpc) is 3.23. The summed E-state index contributed by atoms with van der Waals surface area (Å²) in [6.07, 6.45) is 5.23. The molecule has 1 aromatic heterocycles. The highest BCUT2D eigenvalue weighted by atomic mass is 32.1. The number of nitrogens with one attached hydrogen (secondary N) is 1. The quantitative estimate of drug-likeness (QED) is 0.622. The lowest BCUT2D eigenvalue weighted by atomic mass is 9.85. The molecule has 2 aromatic rings. The van der Waals surface area contributed by atoms with Crippen molar-refractivity contribution in [3.8, 4) is 11.3 Å². The van der Waals surface area contributed by atoms with Crippen molar-refractivity contribution >= 4 is 34.7 Å². The highest BCUT2D eigenvalue weighted by Crippen LogP contribution is 2.35. The second-order valence-electron chi connectivity index (χ2n) is 7.11. The van der Waals surface area contributed by atoms with Gasteiger partial charge in [-0.1, -0.05) is 24.3 Å². The number of fused-ring (bicyclic) bond motifs is 1. The van der Waals surface area contributed by atoms with Gasteiger partial charge in [0, 0.05) is 29.6 Å². The molecule has 144 valence electrons. The van der Waals surface area contributed by atoms with E-state index in [1.807, 2.05) is 48.7 Å². The summed E-state index contributed by atoms with van der Waals surface area (Å²) in [5, 5.41) is 5.82. The maximum absolute atomic E-state index is 12.5. The molecule has 1 N–H and O–H groups in total. The van der Waals surface area contributed by atoms with E-state index < -0.39 is 0 Å². The van der Waals surface area contributed by atoms with Crippen LogP contribution >= 0.6 is 11.3 Å². The molecule has 6 nitrogen and oxygen atoms in total. The van der Waals surface area contributed by atoms with Gasteiger partial charge in [-0.05, 0) is 31.9 Å². The van der Waals surface area contributed by atoms with Crippen LogP contribution < -0.4 is 5.32 Å². The van der Waals surface area contributed by atoms with E-state index in [0.29, 0.717) is 18.5 Å². The molecule has 2 aliphatic rings. The van der Waals surface area contributed by atoms with Gasteiger partial charge in [-0.25, -0.2) is 4.98 Å². The van der Waals surface area contributed by atoms with Crippen molar-refractivity contribution in [2.24, 2.45) is 11.8 Å². The second-order valence-corrected chi connectivity index (χ2v) is 8.18. The van der Waals surface area contributed by atoms with E-state index in [1.54, 1.807) is 11.3 Å². The lowest BCUT2D eigenvalue weighted by molar-refractivity contribution is -0.140. The zero-order chi connectivity index (χ0) is 19.7. The third kappa shape index (κ3) is 3.62. The minimum Gasteiger partial charge on any atom is -0.326 e. The van der Waals surface area contributed by atoms with Crippen LogP contribution in [0.5, 0.6) is 0 Å². The Bertz CT molecular complexity index is 939. The van der Waals surface area contributed by atoms with Crippen molar-refractivity contribution in [1.82, 2.24) is 9.88 Å². The van der Waals surface area contributed by atoms with Crippen LogP contribution in [0.25, 0.3) is 11.3 Å². The van der Waals surface area contributed by atoms with Gasteiger partial charge in [0.25, 0.3) is 0 Å². The minimum absolute atomic E-state index is 0.0877. The highest BCUT2D eigenvalue weighted by Gasteiger charge is 2.46. The number of likely N-dealkylation sites (tertiary alicyclic amines) is 1. The van der Waals surface area contributed by atoms with Crippen LogP contribution in [0, 0.1) is 18.8 Å². The van der Waals surface area contributed by atoms with Crippen molar-refractivity contribution in [3.63, 3.8) is 0 Å². The number of anilines is 1. The largest absolute Gasteiger partial charge is 0.326 e. The molecule has 3 amide bonds. The van der Waals surface area contributed by atoms with E-state index in [2.05, 4.69) is 10.3 Å². The molecule has 2 atom stereocenters. The van der Waals surface area contributed by atoms with Crippen LogP contribution in [0.4, 0.5) is 5.69 Å². The predicted octanol–water partition coefficient (Wildman–Crippen LogP) is 3.40. The number of nitrogens with zero attached hydrogens (tertiary/aromatic N) is 2.